The van der Waals surface area contributed by atoms with Crippen molar-refractivity contribution in [2.75, 3.05) is 12.4 Å². The highest BCUT2D eigenvalue weighted by atomic mass is 19.4. The van der Waals surface area contributed by atoms with Gasteiger partial charge in [0.1, 0.15) is 5.75 Å². The molecule has 1 aliphatic heterocycles. The number of hydrogen-bond acceptors (Lipinski definition) is 3. The molecule has 0 saturated carbocycles. The van der Waals surface area contributed by atoms with Crippen molar-refractivity contribution in [2.45, 2.75) is 38.5 Å². The zero-order valence-electron chi connectivity index (χ0n) is 12.6. The number of amides is 1. The number of benzene rings is 1. The van der Waals surface area contributed by atoms with Crippen LogP contribution >= 0.6 is 0 Å². The van der Waals surface area contributed by atoms with E-state index >= 15 is 0 Å². The summed E-state index contributed by atoms with van der Waals surface area (Å²) in [5.41, 5.74) is -2.68. The Balaban J connectivity index is 2.59. The summed E-state index contributed by atoms with van der Waals surface area (Å²) < 4.78 is 51.2. The quantitative estimate of drug-likeness (QED) is 0.892. The minimum atomic E-state index is -4.72. The molecule has 7 heteroatoms. The first-order chi connectivity index (χ1) is 10.2. The highest BCUT2D eigenvalue weighted by Crippen LogP contribution is 2.51. The lowest BCUT2D eigenvalue weighted by molar-refractivity contribution is -0.268. The molecule has 0 saturated heterocycles. The number of cyclic esters (lactones) is 1. The summed E-state index contributed by atoms with van der Waals surface area (Å²) in [5.74, 6) is 0.318. The number of methoxy groups -OCH3 is 1. The first kappa shape index (κ1) is 16.5. The van der Waals surface area contributed by atoms with Crippen molar-refractivity contribution in [1.82, 2.24) is 0 Å². The van der Waals surface area contributed by atoms with Crippen LogP contribution in [0.15, 0.2) is 18.2 Å². The first-order valence-electron chi connectivity index (χ1n) is 6.95. The summed E-state index contributed by atoms with van der Waals surface area (Å²) in [6.07, 6.45) is -5.88. The summed E-state index contributed by atoms with van der Waals surface area (Å²) in [5, 5.41) is 2.31. The van der Waals surface area contributed by atoms with E-state index in [-0.39, 0.29) is 35.8 Å². The third kappa shape index (κ3) is 2.84. The molecule has 1 N–H and O–H groups in total. The Morgan fingerprint density at radius 1 is 1.36 bits per heavy atom. The largest absolute Gasteiger partial charge is 0.497 e. The van der Waals surface area contributed by atoms with E-state index in [4.69, 9.17) is 9.47 Å². The van der Waals surface area contributed by atoms with Crippen LogP contribution in [0.4, 0.5) is 23.7 Å². The Kier molecular flexibility index (Phi) is 4.26. The van der Waals surface area contributed by atoms with E-state index in [1.54, 1.807) is 0 Å². The fourth-order valence-electron chi connectivity index (χ4n) is 2.47. The summed E-state index contributed by atoms with van der Waals surface area (Å²) in [6, 6.07) is 4.15. The number of alkyl halides is 3. The molecule has 4 nitrogen and oxygen atoms in total. The van der Waals surface area contributed by atoms with Gasteiger partial charge in [0.15, 0.2) is 0 Å². The summed E-state index contributed by atoms with van der Waals surface area (Å²) in [6.45, 7) is 3.64. The van der Waals surface area contributed by atoms with E-state index in [2.05, 4.69) is 5.32 Å². The minimum absolute atomic E-state index is 0.0434. The third-order valence-electron chi connectivity index (χ3n) is 3.70. The standard InChI is InChI=1S/C15H18F3NO3/c1-9(2)6-7-14(15(16,17)18)11-8-10(21-3)4-5-12(11)19-13(20)22-14/h4-5,8-9H,6-7H2,1-3H3,(H,19,20). The molecular weight excluding hydrogens is 299 g/mol. The molecule has 0 spiro atoms. The number of ether oxygens (including phenoxy) is 2. The molecule has 1 heterocycles. The van der Waals surface area contributed by atoms with Crippen LogP contribution in [-0.2, 0) is 10.3 Å². The number of halogens is 3. The van der Waals surface area contributed by atoms with Crippen molar-refractivity contribution >= 4 is 11.8 Å². The van der Waals surface area contributed by atoms with Gasteiger partial charge in [0, 0.05) is 12.0 Å². The normalized spacial score (nSPS) is 21.1. The van der Waals surface area contributed by atoms with E-state index in [1.165, 1.54) is 25.3 Å². The fraction of sp³-hybridized carbons (Fsp3) is 0.533. The van der Waals surface area contributed by atoms with Gasteiger partial charge in [-0.3, -0.25) is 5.32 Å². The molecule has 1 aliphatic rings. The van der Waals surface area contributed by atoms with Gasteiger partial charge in [0.25, 0.3) is 0 Å². The predicted octanol–water partition coefficient (Wildman–Crippen LogP) is 4.45. The van der Waals surface area contributed by atoms with Gasteiger partial charge < -0.3 is 9.47 Å². The van der Waals surface area contributed by atoms with Gasteiger partial charge in [-0.25, -0.2) is 4.79 Å². The maximum atomic E-state index is 13.8. The number of fused-ring (bicyclic) bond motifs is 1. The maximum absolute atomic E-state index is 13.8. The lowest BCUT2D eigenvalue weighted by Gasteiger charge is -2.40. The van der Waals surface area contributed by atoms with E-state index in [0.29, 0.717) is 0 Å². The lowest BCUT2D eigenvalue weighted by Crippen LogP contribution is -2.50. The molecule has 1 aromatic rings. The van der Waals surface area contributed by atoms with Gasteiger partial charge in [-0.15, -0.1) is 0 Å². The summed E-state index contributed by atoms with van der Waals surface area (Å²) >= 11 is 0. The fourth-order valence-corrected chi connectivity index (χ4v) is 2.47. The molecule has 0 radical (unpaired) electrons. The topological polar surface area (TPSA) is 47.6 Å². The number of anilines is 1. The van der Waals surface area contributed by atoms with Gasteiger partial charge >= 0.3 is 12.3 Å². The molecule has 1 aromatic carbocycles. The van der Waals surface area contributed by atoms with Crippen LogP contribution in [0.3, 0.4) is 0 Å². The van der Waals surface area contributed by atoms with Crippen LogP contribution in [0.1, 0.15) is 32.3 Å². The van der Waals surface area contributed by atoms with Crippen molar-refractivity contribution in [3.8, 4) is 5.75 Å². The van der Waals surface area contributed by atoms with Crippen LogP contribution in [-0.4, -0.2) is 19.4 Å². The number of nitrogens with one attached hydrogen (secondary N) is 1. The highest BCUT2D eigenvalue weighted by molar-refractivity contribution is 5.89. The van der Waals surface area contributed by atoms with Crippen LogP contribution in [0.5, 0.6) is 5.75 Å². The molecular formula is C15H18F3NO3. The lowest BCUT2D eigenvalue weighted by atomic mass is 9.84. The second-order valence-corrected chi connectivity index (χ2v) is 5.68. The molecule has 0 aliphatic carbocycles. The van der Waals surface area contributed by atoms with Gasteiger partial charge in [0.2, 0.25) is 5.60 Å². The van der Waals surface area contributed by atoms with Gasteiger partial charge in [-0.1, -0.05) is 13.8 Å². The van der Waals surface area contributed by atoms with E-state index in [0.717, 1.165) is 0 Å². The van der Waals surface area contributed by atoms with E-state index < -0.39 is 17.9 Å². The maximum Gasteiger partial charge on any atom is 0.432 e. The van der Waals surface area contributed by atoms with Crippen molar-refractivity contribution in [3.63, 3.8) is 0 Å². The van der Waals surface area contributed by atoms with Crippen molar-refractivity contribution < 1.29 is 27.4 Å². The Labute approximate surface area is 126 Å². The zero-order valence-corrected chi connectivity index (χ0v) is 12.6. The second-order valence-electron chi connectivity index (χ2n) is 5.68. The average molecular weight is 317 g/mol. The monoisotopic (exact) mass is 317 g/mol. The smallest absolute Gasteiger partial charge is 0.432 e. The van der Waals surface area contributed by atoms with Crippen molar-refractivity contribution in [3.05, 3.63) is 23.8 Å². The minimum Gasteiger partial charge on any atom is -0.497 e. The number of carbonyl (C=O) groups is 1. The Morgan fingerprint density at radius 3 is 2.59 bits per heavy atom. The number of carbonyl (C=O) groups excluding carboxylic acids is 1. The molecule has 1 amide bonds. The third-order valence-corrected chi connectivity index (χ3v) is 3.70. The molecule has 1 unspecified atom stereocenters. The zero-order chi connectivity index (χ0) is 16.5. The molecule has 0 aromatic heterocycles. The van der Waals surface area contributed by atoms with Crippen LogP contribution in [0.2, 0.25) is 0 Å². The van der Waals surface area contributed by atoms with Crippen molar-refractivity contribution in [2.24, 2.45) is 5.92 Å². The van der Waals surface area contributed by atoms with Gasteiger partial charge in [-0.05, 0) is 30.5 Å². The molecule has 1 atom stereocenters. The van der Waals surface area contributed by atoms with E-state index in [9.17, 15) is 18.0 Å². The number of rotatable bonds is 4. The number of hydrogen-bond donors (Lipinski definition) is 1. The molecule has 2 rings (SSSR count). The summed E-state index contributed by atoms with van der Waals surface area (Å²) in [7, 11) is 1.37. The average Bonchev–Trinajstić information content (AvgIpc) is 2.42. The SMILES string of the molecule is COc1ccc2c(c1)C(CCC(C)C)(C(F)(F)F)OC(=O)N2. The van der Waals surface area contributed by atoms with Crippen molar-refractivity contribution in [1.29, 1.82) is 0 Å². The molecule has 122 valence electrons. The van der Waals surface area contributed by atoms with Crippen LogP contribution in [0, 0.1) is 5.92 Å². The predicted molar refractivity (Wildman–Crippen MR) is 74.9 cm³/mol. The van der Waals surface area contributed by atoms with Crippen LogP contribution in [0.25, 0.3) is 0 Å². The Bertz CT molecular complexity index is 572. The van der Waals surface area contributed by atoms with Crippen LogP contribution < -0.4 is 10.1 Å². The molecule has 22 heavy (non-hydrogen) atoms. The Morgan fingerprint density at radius 2 is 2.05 bits per heavy atom. The first-order valence-corrected chi connectivity index (χ1v) is 6.95. The molecule has 0 fully saturated rings. The highest BCUT2D eigenvalue weighted by Gasteiger charge is 2.61. The Hall–Kier alpha value is -1.92. The van der Waals surface area contributed by atoms with E-state index in [1.807, 2.05) is 13.8 Å². The summed E-state index contributed by atoms with van der Waals surface area (Å²) in [4.78, 5) is 11.6. The molecule has 0 bridgehead atoms. The van der Waals surface area contributed by atoms with Gasteiger partial charge in [0.05, 0.1) is 12.8 Å². The second kappa shape index (κ2) is 5.70. The van der Waals surface area contributed by atoms with Gasteiger partial charge in [-0.2, -0.15) is 13.2 Å².